The molecule has 3 aromatic rings. The van der Waals surface area contributed by atoms with E-state index in [0.717, 1.165) is 10.6 Å². The van der Waals surface area contributed by atoms with E-state index in [2.05, 4.69) is 15.0 Å². The molecule has 0 spiro atoms. The van der Waals surface area contributed by atoms with Crippen molar-refractivity contribution in [2.45, 2.75) is 56.4 Å². The average Bonchev–Trinajstić information content (AvgIpc) is 3.33. The van der Waals surface area contributed by atoms with Gasteiger partial charge in [0.15, 0.2) is 5.65 Å². The van der Waals surface area contributed by atoms with Crippen LogP contribution in [0.4, 0.5) is 15.5 Å². The summed E-state index contributed by atoms with van der Waals surface area (Å²) in [6.07, 6.45) is -1.95. The molecule has 0 atom stereocenters. The normalized spacial score (nSPS) is 11.6. The van der Waals surface area contributed by atoms with Crippen LogP contribution in [0.3, 0.4) is 0 Å². The van der Waals surface area contributed by atoms with Gasteiger partial charge in [-0.1, -0.05) is 11.8 Å². The highest BCUT2D eigenvalue weighted by molar-refractivity contribution is 7.99. The minimum atomic E-state index is -4.09. The van der Waals surface area contributed by atoms with Crippen LogP contribution >= 0.6 is 19.4 Å². The molecule has 1 aromatic carbocycles. The lowest BCUT2D eigenvalue weighted by Crippen LogP contribution is -2.17. The van der Waals surface area contributed by atoms with Gasteiger partial charge < -0.3 is 38.7 Å². The number of carbonyl (C=O) groups excluding carboxylic acids is 2. The Labute approximate surface area is 252 Å². The van der Waals surface area contributed by atoms with Crippen LogP contribution in [0.2, 0.25) is 0 Å². The largest absolute Gasteiger partial charge is 0.510 e. The maximum atomic E-state index is 13.2. The Morgan fingerprint density at radius 1 is 0.977 bits per heavy atom. The quantitative estimate of drug-likeness (QED) is 0.0733. The van der Waals surface area contributed by atoms with Crippen LogP contribution in [0.15, 0.2) is 40.5 Å². The molecular weight excluding hydrogens is 609 g/mol. The number of nitrogens with zero attached hydrogens (tertiary/aromatic N) is 4. The minimum absolute atomic E-state index is 0.0134. The summed E-state index contributed by atoms with van der Waals surface area (Å²) in [5, 5.41) is 0.561. The van der Waals surface area contributed by atoms with Crippen molar-refractivity contribution in [3.63, 3.8) is 0 Å². The predicted molar refractivity (Wildman–Crippen MR) is 153 cm³/mol. The van der Waals surface area contributed by atoms with E-state index in [1.165, 1.54) is 11.8 Å². The number of nitrogens with two attached hydrogens (primary N) is 1. The van der Waals surface area contributed by atoms with Crippen LogP contribution in [0.5, 0.6) is 5.75 Å². The molecule has 2 aromatic heterocycles. The maximum absolute atomic E-state index is 13.2. The third kappa shape index (κ3) is 11.2. The summed E-state index contributed by atoms with van der Waals surface area (Å²) in [4.78, 5) is 37.2. The highest BCUT2D eigenvalue weighted by Gasteiger charge is 2.28. The Kier molecular flexibility index (Phi) is 12.8. The van der Waals surface area contributed by atoms with E-state index in [1.54, 1.807) is 45.7 Å². The molecule has 0 amide bonds. The lowest BCUT2D eigenvalue weighted by atomic mass is 10.3. The first-order valence-electron chi connectivity index (χ1n) is 12.9. The van der Waals surface area contributed by atoms with Crippen molar-refractivity contribution in [1.82, 2.24) is 19.5 Å². The number of aromatic nitrogens is 4. The lowest BCUT2D eigenvalue weighted by Gasteiger charge is -2.19. The topological polar surface area (TPSA) is 195 Å². The van der Waals surface area contributed by atoms with Gasteiger partial charge in [0.1, 0.15) is 22.6 Å². The molecule has 0 aliphatic carbocycles. The van der Waals surface area contributed by atoms with Crippen LogP contribution in [0.1, 0.15) is 27.7 Å². The van der Waals surface area contributed by atoms with Crippen molar-refractivity contribution in [2.24, 2.45) is 0 Å². The molecular formula is C25H34N5O11PS. The zero-order valence-corrected chi connectivity index (χ0v) is 26.0. The van der Waals surface area contributed by atoms with E-state index in [-0.39, 0.29) is 19.1 Å². The Hall–Kier alpha value is -3.63. The molecule has 0 aliphatic rings. The van der Waals surface area contributed by atoms with Crippen molar-refractivity contribution in [3.8, 4) is 5.75 Å². The van der Waals surface area contributed by atoms with E-state index in [0.29, 0.717) is 16.2 Å². The summed E-state index contributed by atoms with van der Waals surface area (Å²) in [5.74, 6) is 0.785. The molecule has 0 unspecified atom stereocenters. The van der Waals surface area contributed by atoms with Gasteiger partial charge in [-0.2, -0.15) is 4.98 Å². The molecule has 43 heavy (non-hydrogen) atoms. The Bertz CT molecular complexity index is 1370. The first-order chi connectivity index (χ1) is 20.5. The van der Waals surface area contributed by atoms with Crippen molar-refractivity contribution in [3.05, 3.63) is 30.6 Å². The van der Waals surface area contributed by atoms with Gasteiger partial charge in [0.25, 0.3) is 0 Å². The minimum Gasteiger partial charge on any atom is -0.497 e. The Morgan fingerprint density at radius 2 is 1.58 bits per heavy atom. The molecule has 3 rings (SSSR count). The number of methoxy groups -OCH3 is 1. The molecule has 0 radical (unpaired) electrons. The molecule has 0 saturated carbocycles. The molecule has 0 fully saturated rings. The highest BCUT2D eigenvalue weighted by atomic mass is 32.2. The third-order valence-corrected chi connectivity index (χ3v) is 7.45. The molecule has 0 aliphatic heterocycles. The number of imidazole rings is 1. The fourth-order valence-electron chi connectivity index (χ4n) is 3.14. The van der Waals surface area contributed by atoms with Gasteiger partial charge in [-0.05, 0) is 52.0 Å². The molecule has 236 valence electrons. The number of ether oxygens (including phenoxy) is 6. The fraction of sp³-hybridized carbons (Fsp3) is 0.480. The number of hydrogen-bond acceptors (Lipinski definition) is 16. The predicted octanol–water partition coefficient (Wildman–Crippen LogP) is 4.81. The van der Waals surface area contributed by atoms with Crippen LogP contribution in [-0.4, -0.2) is 77.7 Å². The smallest absolute Gasteiger partial charge is 0.497 e. The monoisotopic (exact) mass is 643 g/mol. The van der Waals surface area contributed by atoms with Crippen molar-refractivity contribution >= 4 is 48.8 Å². The summed E-state index contributed by atoms with van der Waals surface area (Å²) in [6.45, 7) is 5.22. The van der Waals surface area contributed by atoms with Crippen LogP contribution < -0.4 is 10.5 Å². The van der Waals surface area contributed by atoms with Gasteiger partial charge in [-0.25, -0.2) is 19.6 Å². The van der Waals surface area contributed by atoms with Crippen molar-refractivity contribution in [1.29, 1.82) is 0 Å². The molecule has 0 saturated heterocycles. The van der Waals surface area contributed by atoms with Crippen molar-refractivity contribution < 1.29 is 51.6 Å². The van der Waals surface area contributed by atoms with Gasteiger partial charge in [0.2, 0.25) is 19.5 Å². The SMILES string of the molecule is COc1ccc(Sc2nc(N)nc3c2ncn3CCOCP(=O)(OCOC(=O)OC(C)C)OCOC(=O)OC(C)C)cc1. The standard InChI is InChI=1S/C25H34N5O11PS/c1-16(2)40-24(31)36-13-38-42(33,39-14-37-25(32)41-17(3)4)15-35-11-10-30-12-27-20-21(30)28-23(26)29-22(20)43-19-8-6-18(34-5)7-9-19/h6-9,12,16-17H,10-11,13-15H2,1-5H3,(H2,26,28,29). The van der Waals surface area contributed by atoms with Gasteiger partial charge in [0, 0.05) is 11.4 Å². The number of carbonyl (C=O) groups is 2. The number of rotatable bonds is 16. The van der Waals surface area contributed by atoms with Crippen LogP contribution in [-0.2, 0) is 43.8 Å². The molecule has 2 N–H and O–H groups in total. The third-order valence-electron chi connectivity index (χ3n) is 4.97. The molecule has 16 nitrogen and oxygen atoms in total. The second kappa shape index (κ2) is 16.3. The summed E-state index contributed by atoms with van der Waals surface area (Å²) in [7, 11) is -2.49. The second-order valence-electron chi connectivity index (χ2n) is 9.04. The summed E-state index contributed by atoms with van der Waals surface area (Å²) < 4.78 is 55.1. The fourth-order valence-corrected chi connectivity index (χ4v) is 5.02. The number of fused-ring (bicyclic) bond motifs is 1. The Morgan fingerprint density at radius 3 is 2.14 bits per heavy atom. The van der Waals surface area contributed by atoms with E-state index < -0.39 is 52.0 Å². The first-order valence-corrected chi connectivity index (χ1v) is 15.5. The number of nitrogen functional groups attached to an aromatic ring is 1. The van der Waals surface area contributed by atoms with E-state index in [4.69, 9.17) is 43.2 Å². The maximum Gasteiger partial charge on any atom is 0.510 e. The zero-order chi connectivity index (χ0) is 31.4. The summed E-state index contributed by atoms with van der Waals surface area (Å²) >= 11 is 1.37. The number of benzene rings is 1. The Balaban J connectivity index is 1.60. The lowest BCUT2D eigenvalue weighted by molar-refractivity contribution is -0.0344. The number of anilines is 1. The molecule has 2 heterocycles. The van der Waals surface area contributed by atoms with Crippen LogP contribution in [0.25, 0.3) is 11.2 Å². The van der Waals surface area contributed by atoms with Crippen LogP contribution in [0, 0.1) is 0 Å². The van der Waals surface area contributed by atoms with E-state index in [1.807, 2.05) is 24.3 Å². The second-order valence-corrected chi connectivity index (χ2v) is 12.1. The highest BCUT2D eigenvalue weighted by Crippen LogP contribution is 2.48. The molecule has 0 bridgehead atoms. The molecule has 18 heteroatoms. The van der Waals surface area contributed by atoms with Gasteiger partial charge in [-0.3, -0.25) is 13.6 Å². The van der Waals surface area contributed by atoms with Crippen molar-refractivity contribution in [2.75, 3.05) is 39.4 Å². The van der Waals surface area contributed by atoms with Gasteiger partial charge >= 0.3 is 19.9 Å². The summed E-state index contributed by atoms with van der Waals surface area (Å²) in [5.41, 5.74) is 6.97. The van der Waals surface area contributed by atoms with E-state index >= 15 is 0 Å². The van der Waals surface area contributed by atoms with Gasteiger partial charge in [-0.15, -0.1) is 0 Å². The number of hydrogen-bond donors (Lipinski definition) is 1. The average molecular weight is 644 g/mol. The van der Waals surface area contributed by atoms with E-state index in [9.17, 15) is 14.2 Å². The van der Waals surface area contributed by atoms with Gasteiger partial charge in [0.05, 0.1) is 32.3 Å². The zero-order valence-electron chi connectivity index (χ0n) is 24.3. The summed E-state index contributed by atoms with van der Waals surface area (Å²) in [6, 6.07) is 7.44. The first kappa shape index (κ1) is 33.9.